The fourth-order valence-corrected chi connectivity index (χ4v) is 3.08. The summed E-state index contributed by atoms with van der Waals surface area (Å²) in [4.78, 5) is 3.38. The minimum atomic E-state index is 0.716. The number of H-pyrrole nitrogens is 1. The average Bonchev–Trinajstić information content (AvgIpc) is 2.83. The highest BCUT2D eigenvalue weighted by atomic mass is 16.5. The van der Waals surface area contributed by atoms with Crippen LogP contribution in [0.15, 0.2) is 24.4 Å². The molecule has 1 N–H and O–H groups in total. The molecule has 1 saturated carbocycles. The van der Waals surface area contributed by atoms with Crippen molar-refractivity contribution >= 4 is 10.9 Å². The van der Waals surface area contributed by atoms with Gasteiger partial charge < -0.3 is 9.72 Å². The summed E-state index contributed by atoms with van der Waals surface area (Å²) in [5, 5.41) is 1.29. The number of hydrogen-bond donors (Lipinski definition) is 1. The third-order valence-electron chi connectivity index (χ3n) is 3.96. The van der Waals surface area contributed by atoms with E-state index in [0.29, 0.717) is 5.92 Å². The predicted octanol–water partition coefficient (Wildman–Crippen LogP) is 4.22. The van der Waals surface area contributed by atoms with Gasteiger partial charge in [0.1, 0.15) is 5.75 Å². The van der Waals surface area contributed by atoms with Gasteiger partial charge in [0.2, 0.25) is 0 Å². The summed E-state index contributed by atoms with van der Waals surface area (Å²) in [5.74, 6) is 1.72. The number of hydrogen-bond acceptors (Lipinski definition) is 1. The van der Waals surface area contributed by atoms with Crippen LogP contribution in [0, 0.1) is 0 Å². The molecule has 17 heavy (non-hydrogen) atoms. The van der Waals surface area contributed by atoms with Crippen LogP contribution in [0.25, 0.3) is 10.9 Å². The second kappa shape index (κ2) is 4.44. The van der Waals surface area contributed by atoms with Gasteiger partial charge in [0, 0.05) is 17.1 Å². The van der Waals surface area contributed by atoms with Crippen molar-refractivity contribution in [2.45, 2.75) is 38.0 Å². The standard InChI is InChI=1S/C15H19NO/c1-17-14-9-5-8-13-15(14)12(10-16-13)11-6-3-2-4-7-11/h5,8-11,16H,2-4,6-7H2,1H3. The monoisotopic (exact) mass is 229 g/mol. The summed E-state index contributed by atoms with van der Waals surface area (Å²) in [7, 11) is 1.76. The molecule has 0 saturated heterocycles. The second-order valence-corrected chi connectivity index (χ2v) is 4.96. The van der Waals surface area contributed by atoms with Crippen LogP contribution in [0.4, 0.5) is 0 Å². The Hall–Kier alpha value is -1.44. The highest BCUT2D eigenvalue weighted by Gasteiger charge is 2.20. The van der Waals surface area contributed by atoms with Gasteiger partial charge in [-0.05, 0) is 36.5 Å². The van der Waals surface area contributed by atoms with Gasteiger partial charge in [-0.3, -0.25) is 0 Å². The van der Waals surface area contributed by atoms with Gasteiger partial charge in [-0.2, -0.15) is 0 Å². The Balaban J connectivity index is 2.09. The lowest BCUT2D eigenvalue weighted by molar-refractivity contribution is 0.417. The number of rotatable bonds is 2. The maximum Gasteiger partial charge on any atom is 0.128 e. The molecule has 1 aromatic heterocycles. The lowest BCUT2D eigenvalue weighted by Crippen LogP contribution is -2.04. The van der Waals surface area contributed by atoms with Crippen molar-refractivity contribution in [1.29, 1.82) is 0 Å². The first kappa shape index (κ1) is 10.7. The van der Waals surface area contributed by atoms with Crippen LogP contribution in [0.2, 0.25) is 0 Å². The smallest absolute Gasteiger partial charge is 0.128 e. The van der Waals surface area contributed by atoms with Gasteiger partial charge in [-0.25, -0.2) is 0 Å². The molecule has 0 amide bonds. The molecule has 3 rings (SSSR count). The lowest BCUT2D eigenvalue weighted by atomic mass is 9.84. The first-order chi connectivity index (χ1) is 8.40. The molecule has 0 spiro atoms. The summed E-state index contributed by atoms with van der Waals surface area (Å²) in [6, 6.07) is 6.23. The number of benzene rings is 1. The highest BCUT2D eigenvalue weighted by Crippen LogP contribution is 2.39. The van der Waals surface area contributed by atoms with Gasteiger partial charge >= 0.3 is 0 Å². The molecule has 0 unspecified atom stereocenters. The van der Waals surface area contributed by atoms with Gasteiger partial charge in [0.05, 0.1) is 7.11 Å². The highest BCUT2D eigenvalue weighted by molar-refractivity contribution is 5.89. The van der Waals surface area contributed by atoms with Gasteiger partial charge in [0.25, 0.3) is 0 Å². The number of aromatic amines is 1. The second-order valence-electron chi connectivity index (χ2n) is 4.96. The number of aromatic nitrogens is 1. The first-order valence-electron chi connectivity index (χ1n) is 6.54. The van der Waals surface area contributed by atoms with E-state index in [9.17, 15) is 0 Å². The summed E-state index contributed by atoms with van der Waals surface area (Å²) >= 11 is 0. The Bertz CT molecular complexity index is 509. The molecule has 2 heteroatoms. The zero-order valence-corrected chi connectivity index (χ0v) is 10.3. The Morgan fingerprint density at radius 3 is 2.76 bits per heavy atom. The molecular weight excluding hydrogens is 210 g/mol. The molecule has 1 aliphatic rings. The minimum Gasteiger partial charge on any atom is -0.496 e. The summed E-state index contributed by atoms with van der Waals surface area (Å²) in [6.45, 7) is 0. The molecule has 0 radical (unpaired) electrons. The van der Waals surface area contributed by atoms with E-state index in [1.807, 2.05) is 6.07 Å². The van der Waals surface area contributed by atoms with Crippen molar-refractivity contribution in [2.75, 3.05) is 7.11 Å². The van der Waals surface area contributed by atoms with E-state index in [1.165, 1.54) is 48.6 Å². The van der Waals surface area contributed by atoms with E-state index in [0.717, 1.165) is 5.75 Å². The maximum absolute atomic E-state index is 5.50. The molecule has 2 aromatic rings. The van der Waals surface area contributed by atoms with Crippen molar-refractivity contribution in [1.82, 2.24) is 4.98 Å². The summed E-state index contributed by atoms with van der Waals surface area (Å²) < 4.78 is 5.50. The molecule has 0 aliphatic heterocycles. The van der Waals surface area contributed by atoms with Crippen molar-refractivity contribution in [2.24, 2.45) is 0 Å². The molecule has 2 nitrogen and oxygen atoms in total. The van der Waals surface area contributed by atoms with Crippen LogP contribution in [-0.4, -0.2) is 12.1 Å². The fourth-order valence-electron chi connectivity index (χ4n) is 3.08. The fraction of sp³-hybridized carbons (Fsp3) is 0.467. The zero-order chi connectivity index (χ0) is 11.7. The van der Waals surface area contributed by atoms with E-state index in [1.54, 1.807) is 7.11 Å². The largest absolute Gasteiger partial charge is 0.496 e. The number of methoxy groups -OCH3 is 1. The maximum atomic E-state index is 5.50. The van der Waals surface area contributed by atoms with Crippen LogP contribution in [0.1, 0.15) is 43.6 Å². The molecular formula is C15H19NO. The molecule has 1 fully saturated rings. The minimum absolute atomic E-state index is 0.716. The van der Waals surface area contributed by atoms with Gasteiger partial charge in [-0.1, -0.05) is 25.3 Å². The van der Waals surface area contributed by atoms with Crippen LogP contribution >= 0.6 is 0 Å². The van der Waals surface area contributed by atoms with Crippen LogP contribution < -0.4 is 4.74 Å². The summed E-state index contributed by atoms with van der Waals surface area (Å²) in [6.07, 6.45) is 8.97. The Morgan fingerprint density at radius 1 is 1.18 bits per heavy atom. The van der Waals surface area contributed by atoms with E-state index in [2.05, 4.69) is 23.3 Å². The lowest BCUT2D eigenvalue weighted by Gasteiger charge is -2.21. The number of fused-ring (bicyclic) bond motifs is 1. The Morgan fingerprint density at radius 2 is 2.00 bits per heavy atom. The van der Waals surface area contributed by atoms with E-state index < -0.39 is 0 Å². The Kier molecular flexibility index (Phi) is 2.79. The van der Waals surface area contributed by atoms with Gasteiger partial charge in [0.15, 0.2) is 0 Å². The normalized spacial score (nSPS) is 17.5. The van der Waals surface area contributed by atoms with E-state index in [-0.39, 0.29) is 0 Å². The molecule has 90 valence electrons. The average molecular weight is 229 g/mol. The third kappa shape index (κ3) is 1.82. The zero-order valence-electron chi connectivity index (χ0n) is 10.3. The quantitative estimate of drug-likeness (QED) is 0.819. The number of nitrogens with one attached hydrogen (secondary N) is 1. The molecule has 1 heterocycles. The molecule has 0 atom stereocenters. The first-order valence-corrected chi connectivity index (χ1v) is 6.54. The van der Waals surface area contributed by atoms with E-state index >= 15 is 0 Å². The topological polar surface area (TPSA) is 25.0 Å². The number of ether oxygens (including phenoxy) is 1. The van der Waals surface area contributed by atoms with Crippen LogP contribution in [0.3, 0.4) is 0 Å². The van der Waals surface area contributed by atoms with Crippen molar-refractivity contribution in [3.05, 3.63) is 30.0 Å². The molecule has 1 aromatic carbocycles. The van der Waals surface area contributed by atoms with Crippen LogP contribution in [-0.2, 0) is 0 Å². The van der Waals surface area contributed by atoms with Crippen molar-refractivity contribution in [3.63, 3.8) is 0 Å². The Labute approximate surface area is 102 Å². The van der Waals surface area contributed by atoms with Crippen molar-refractivity contribution < 1.29 is 4.74 Å². The molecule has 1 aliphatic carbocycles. The SMILES string of the molecule is COc1cccc2[nH]cc(C3CCCCC3)c12. The van der Waals surface area contributed by atoms with Crippen LogP contribution in [0.5, 0.6) is 5.75 Å². The predicted molar refractivity (Wildman–Crippen MR) is 70.7 cm³/mol. The third-order valence-corrected chi connectivity index (χ3v) is 3.96. The van der Waals surface area contributed by atoms with Crippen molar-refractivity contribution in [3.8, 4) is 5.75 Å². The molecule has 0 bridgehead atoms. The summed E-state index contributed by atoms with van der Waals surface area (Å²) in [5.41, 5.74) is 2.65. The van der Waals surface area contributed by atoms with E-state index in [4.69, 9.17) is 4.74 Å². The van der Waals surface area contributed by atoms with Gasteiger partial charge in [-0.15, -0.1) is 0 Å².